The molecule has 1 N–H and O–H groups in total. The predicted molar refractivity (Wildman–Crippen MR) is 68.2 cm³/mol. The van der Waals surface area contributed by atoms with Crippen molar-refractivity contribution in [3.05, 3.63) is 0 Å². The molecule has 1 aliphatic carbocycles. The van der Waals surface area contributed by atoms with Gasteiger partial charge in [-0.15, -0.1) is 11.6 Å². The first-order valence-electron chi connectivity index (χ1n) is 6.68. The summed E-state index contributed by atoms with van der Waals surface area (Å²) >= 11 is 5.76. The molecule has 3 nitrogen and oxygen atoms in total. The molecule has 1 atom stereocenters. The summed E-state index contributed by atoms with van der Waals surface area (Å²) < 4.78 is 5.50. The van der Waals surface area contributed by atoms with Gasteiger partial charge in [-0.1, -0.05) is 0 Å². The van der Waals surface area contributed by atoms with Crippen LogP contribution >= 0.6 is 11.6 Å². The molecule has 4 heteroatoms. The lowest BCUT2D eigenvalue weighted by Crippen LogP contribution is -2.30. The molecule has 2 aliphatic rings. The number of carbonyl (C=O) groups is 1. The molecule has 1 amide bonds. The third-order valence-electron chi connectivity index (χ3n) is 3.96. The quantitative estimate of drug-likeness (QED) is 0.714. The third kappa shape index (κ3) is 4.14. The number of ether oxygens (including phenoxy) is 1. The molecule has 98 valence electrons. The van der Waals surface area contributed by atoms with Gasteiger partial charge < -0.3 is 10.1 Å². The summed E-state index contributed by atoms with van der Waals surface area (Å²) in [4.78, 5) is 11.7. The van der Waals surface area contributed by atoms with Crippen molar-refractivity contribution < 1.29 is 9.53 Å². The molecule has 1 heterocycles. The van der Waals surface area contributed by atoms with E-state index in [0.29, 0.717) is 23.8 Å². The van der Waals surface area contributed by atoms with Crippen molar-refractivity contribution in [3.63, 3.8) is 0 Å². The highest BCUT2D eigenvalue weighted by molar-refractivity contribution is 6.17. The van der Waals surface area contributed by atoms with Crippen molar-refractivity contribution in [2.75, 3.05) is 19.0 Å². The first-order chi connectivity index (χ1) is 8.24. The Balaban J connectivity index is 1.57. The fourth-order valence-electron chi connectivity index (χ4n) is 2.43. The molecule has 17 heavy (non-hydrogen) atoms. The van der Waals surface area contributed by atoms with Crippen LogP contribution < -0.4 is 5.32 Å². The Morgan fingerprint density at radius 3 is 2.88 bits per heavy atom. The van der Waals surface area contributed by atoms with Gasteiger partial charge in [-0.3, -0.25) is 4.79 Å². The van der Waals surface area contributed by atoms with Crippen LogP contribution in [0.3, 0.4) is 0 Å². The number of nitrogens with one attached hydrogen (secondary N) is 1. The summed E-state index contributed by atoms with van der Waals surface area (Å²) in [6.45, 7) is 1.68. The molecule has 0 spiro atoms. The van der Waals surface area contributed by atoms with Crippen LogP contribution in [0.4, 0.5) is 0 Å². The number of rotatable bonds is 7. The minimum absolute atomic E-state index is 0.168. The lowest BCUT2D eigenvalue weighted by Gasteiger charge is -2.15. The summed E-state index contributed by atoms with van der Waals surface area (Å²) in [6.07, 6.45) is 7.50. The van der Waals surface area contributed by atoms with Crippen molar-refractivity contribution >= 4 is 17.5 Å². The Kier molecular flexibility index (Phi) is 4.69. The van der Waals surface area contributed by atoms with Crippen molar-refractivity contribution in [3.8, 4) is 0 Å². The summed E-state index contributed by atoms with van der Waals surface area (Å²) in [5.74, 6) is 0.868. The molecule has 1 saturated heterocycles. The lowest BCUT2D eigenvalue weighted by molar-refractivity contribution is -0.122. The molecule has 0 aromatic rings. The smallest absolute Gasteiger partial charge is 0.220 e. The van der Waals surface area contributed by atoms with E-state index in [1.807, 2.05) is 0 Å². The number of hydrogen-bond donors (Lipinski definition) is 1. The van der Waals surface area contributed by atoms with Crippen molar-refractivity contribution in [2.45, 2.75) is 51.0 Å². The molecule has 1 unspecified atom stereocenters. The SMILES string of the molecule is O=C(CCC1CCCO1)NCC1(CCCl)CC1. The largest absolute Gasteiger partial charge is 0.378 e. The van der Waals surface area contributed by atoms with E-state index in [4.69, 9.17) is 16.3 Å². The zero-order valence-corrected chi connectivity index (χ0v) is 11.1. The van der Waals surface area contributed by atoms with Gasteiger partial charge in [-0.05, 0) is 43.9 Å². The second kappa shape index (κ2) is 6.05. The van der Waals surface area contributed by atoms with Crippen LogP contribution in [0.2, 0.25) is 0 Å². The Labute approximate surface area is 108 Å². The van der Waals surface area contributed by atoms with Gasteiger partial charge in [0.2, 0.25) is 5.91 Å². The van der Waals surface area contributed by atoms with E-state index in [0.717, 1.165) is 38.8 Å². The monoisotopic (exact) mass is 259 g/mol. The van der Waals surface area contributed by atoms with E-state index in [1.54, 1.807) is 0 Å². The predicted octanol–water partition coefficient (Wildman–Crippen LogP) is 2.47. The maximum Gasteiger partial charge on any atom is 0.220 e. The highest BCUT2D eigenvalue weighted by Crippen LogP contribution is 2.48. The summed E-state index contributed by atoms with van der Waals surface area (Å²) in [6, 6.07) is 0. The van der Waals surface area contributed by atoms with Crippen LogP contribution in [0.15, 0.2) is 0 Å². The third-order valence-corrected chi connectivity index (χ3v) is 4.15. The second-order valence-corrected chi connectivity index (χ2v) is 5.77. The van der Waals surface area contributed by atoms with Gasteiger partial charge in [0, 0.05) is 25.5 Å². The summed E-state index contributed by atoms with van der Waals surface area (Å²) in [5.41, 5.74) is 0.335. The normalized spacial score (nSPS) is 25.8. The zero-order chi connectivity index (χ0) is 12.1. The van der Waals surface area contributed by atoms with Crippen molar-refractivity contribution in [1.82, 2.24) is 5.32 Å². The Hall–Kier alpha value is -0.280. The second-order valence-electron chi connectivity index (χ2n) is 5.39. The highest BCUT2D eigenvalue weighted by atomic mass is 35.5. The van der Waals surface area contributed by atoms with Gasteiger partial charge in [-0.25, -0.2) is 0 Å². The summed E-state index contributed by atoms with van der Waals surface area (Å²) in [7, 11) is 0. The maximum absolute atomic E-state index is 11.7. The van der Waals surface area contributed by atoms with Crippen molar-refractivity contribution in [1.29, 1.82) is 0 Å². The van der Waals surface area contributed by atoms with Crippen molar-refractivity contribution in [2.24, 2.45) is 5.41 Å². The highest BCUT2D eigenvalue weighted by Gasteiger charge is 2.41. The first kappa shape index (κ1) is 13.2. The first-order valence-corrected chi connectivity index (χ1v) is 7.22. The molecule has 1 aliphatic heterocycles. The van der Waals surface area contributed by atoms with Gasteiger partial charge >= 0.3 is 0 Å². The standard InChI is InChI=1S/C13H22ClNO2/c14-8-7-13(5-6-13)10-15-12(16)4-3-11-2-1-9-17-11/h11H,1-10H2,(H,15,16). The Morgan fingerprint density at radius 2 is 2.29 bits per heavy atom. The maximum atomic E-state index is 11.7. The molecule has 0 radical (unpaired) electrons. The van der Waals surface area contributed by atoms with Crippen LogP contribution in [0.1, 0.15) is 44.9 Å². The van der Waals surface area contributed by atoms with E-state index >= 15 is 0 Å². The van der Waals surface area contributed by atoms with E-state index in [9.17, 15) is 4.79 Å². The lowest BCUT2D eigenvalue weighted by atomic mass is 10.0. The van der Waals surface area contributed by atoms with Crippen LogP contribution in [0.25, 0.3) is 0 Å². The van der Waals surface area contributed by atoms with E-state index in [1.165, 1.54) is 12.8 Å². The number of hydrogen-bond acceptors (Lipinski definition) is 2. The molecule has 0 aromatic heterocycles. The average Bonchev–Trinajstić information content (AvgIpc) is 2.90. The van der Waals surface area contributed by atoms with Gasteiger partial charge in [-0.2, -0.15) is 0 Å². The van der Waals surface area contributed by atoms with Crippen LogP contribution in [0.5, 0.6) is 0 Å². The number of alkyl halides is 1. The minimum Gasteiger partial charge on any atom is -0.378 e. The topological polar surface area (TPSA) is 38.3 Å². The fraction of sp³-hybridized carbons (Fsp3) is 0.923. The molecule has 2 rings (SSSR count). The van der Waals surface area contributed by atoms with Crippen LogP contribution in [0, 0.1) is 5.41 Å². The Bertz CT molecular complexity index is 260. The minimum atomic E-state index is 0.168. The number of halogens is 1. The molecule has 0 bridgehead atoms. The van der Waals surface area contributed by atoms with Gasteiger partial charge in [0.25, 0.3) is 0 Å². The summed E-state index contributed by atoms with van der Waals surface area (Å²) in [5, 5.41) is 3.04. The Morgan fingerprint density at radius 1 is 1.47 bits per heavy atom. The van der Waals surface area contributed by atoms with E-state index < -0.39 is 0 Å². The number of amides is 1. The van der Waals surface area contributed by atoms with Crippen LogP contribution in [-0.4, -0.2) is 31.0 Å². The van der Waals surface area contributed by atoms with Gasteiger partial charge in [0.05, 0.1) is 6.10 Å². The molecule has 0 aromatic carbocycles. The van der Waals surface area contributed by atoms with E-state index in [2.05, 4.69) is 5.32 Å². The molecular weight excluding hydrogens is 238 g/mol. The average molecular weight is 260 g/mol. The number of carbonyl (C=O) groups excluding carboxylic acids is 1. The molecular formula is C13H22ClNO2. The molecule has 2 fully saturated rings. The fourth-order valence-corrected chi connectivity index (χ4v) is 2.83. The van der Waals surface area contributed by atoms with Gasteiger partial charge in [0.1, 0.15) is 0 Å². The zero-order valence-electron chi connectivity index (χ0n) is 10.3. The molecule has 1 saturated carbocycles. The van der Waals surface area contributed by atoms with E-state index in [-0.39, 0.29) is 5.91 Å². The van der Waals surface area contributed by atoms with Crippen LogP contribution in [-0.2, 0) is 9.53 Å². The van der Waals surface area contributed by atoms with Gasteiger partial charge in [0.15, 0.2) is 0 Å².